The first-order chi connectivity index (χ1) is 11.7. The van der Waals surface area contributed by atoms with E-state index in [0.29, 0.717) is 17.8 Å². The SMILES string of the molecule is Oc1ccc(Cc2nc3cccnc3n2-c2ccccc2O)cc1. The number of hydrogen-bond donors (Lipinski definition) is 2. The molecule has 0 bridgehead atoms. The first kappa shape index (κ1) is 14.3. The minimum absolute atomic E-state index is 0.175. The number of nitrogens with zero attached hydrogens (tertiary/aromatic N) is 3. The van der Waals surface area contributed by atoms with E-state index in [-0.39, 0.29) is 11.5 Å². The van der Waals surface area contributed by atoms with Gasteiger partial charge in [0, 0.05) is 12.6 Å². The highest BCUT2D eigenvalue weighted by molar-refractivity contribution is 5.74. The zero-order valence-corrected chi connectivity index (χ0v) is 12.8. The van der Waals surface area contributed by atoms with Gasteiger partial charge in [-0.3, -0.25) is 4.57 Å². The van der Waals surface area contributed by atoms with Gasteiger partial charge in [0.05, 0.1) is 5.69 Å². The summed E-state index contributed by atoms with van der Waals surface area (Å²) in [5.41, 5.74) is 3.13. The number of phenolic OH excluding ortho intramolecular Hbond substituents is 2. The van der Waals surface area contributed by atoms with Crippen molar-refractivity contribution < 1.29 is 10.2 Å². The second-order valence-corrected chi connectivity index (χ2v) is 5.54. The van der Waals surface area contributed by atoms with E-state index in [4.69, 9.17) is 0 Å². The number of aromatic nitrogens is 3. The Morgan fingerprint density at radius 2 is 1.67 bits per heavy atom. The summed E-state index contributed by atoms with van der Waals surface area (Å²) in [7, 11) is 0. The summed E-state index contributed by atoms with van der Waals surface area (Å²) in [6.45, 7) is 0. The second kappa shape index (κ2) is 5.70. The van der Waals surface area contributed by atoms with E-state index in [2.05, 4.69) is 9.97 Å². The maximum absolute atomic E-state index is 10.3. The Morgan fingerprint density at radius 1 is 0.875 bits per heavy atom. The van der Waals surface area contributed by atoms with Crippen LogP contribution in [0.15, 0.2) is 66.9 Å². The average molecular weight is 317 g/mol. The van der Waals surface area contributed by atoms with Crippen LogP contribution in [-0.2, 0) is 6.42 Å². The second-order valence-electron chi connectivity index (χ2n) is 5.54. The summed E-state index contributed by atoms with van der Waals surface area (Å²) in [5, 5.41) is 19.7. The van der Waals surface area contributed by atoms with E-state index in [1.54, 1.807) is 30.5 Å². The Kier molecular flexibility index (Phi) is 3.39. The van der Waals surface area contributed by atoms with E-state index in [1.165, 1.54) is 0 Å². The van der Waals surface area contributed by atoms with Crippen LogP contribution in [0.3, 0.4) is 0 Å². The summed E-state index contributed by atoms with van der Waals surface area (Å²) in [6.07, 6.45) is 2.27. The van der Waals surface area contributed by atoms with Crippen molar-refractivity contribution >= 4 is 11.2 Å². The van der Waals surface area contributed by atoms with Crippen LogP contribution in [0.2, 0.25) is 0 Å². The summed E-state index contributed by atoms with van der Waals surface area (Å²) >= 11 is 0. The fourth-order valence-electron chi connectivity index (χ4n) is 2.78. The molecule has 0 amide bonds. The molecule has 0 saturated carbocycles. The molecule has 0 saturated heterocycles. The molecule has 0 aliphatic heterocycles. The first-order valence-electron chi connectivity index (χ1n) is 7.61. The summed E-state index contributed by atoms with van der Waals surface area (Å²) in [4.78, 5) is 9.10. The van der Waals surface area contributed by atoms with Crippen LogP contribution < -0.4 is 0 Å². The zero-order valence-electron chi connectivity index (χ0n) is 12.8. The predicted octanol–water partition coefficient (Wildman–Crippen LogP) is 3.42. The van der Waals surface area contributed by atoms with E-state index >= 15 is 0 Å². The summed E-state index contributed by atoms with van der Waals surface area (Å²) < 4.78 is 1.87. The lowest BCUT2D eigenvalue weighted by Gasteiger charge is -2.10. The number of rotatable bonds is 3. The maximum Gasteiger partial charge on any atom is 0.164 e. The number of benzene rings is 2. The number of pyridine rings is 1. The van der Waals surface area contributed by atoms with Crippen molar-refractivity contribution in [3.63, 3.8) is 0 Å². The van der Waals surface area contributed by atoms with Gasteiger partial charge in [-0.2, -0.15) is 0 Å². The quantitative estimate of drug-likeness (QED) is 0.607. The van der Waals surface area contributed by atoms with Gasteiger partial charge < -0.3 is 10.2 Å². The molecule has 24 heavy (non-hydrogen) atoms. The molecule has 118 valence electrons. The third-order valence-corrected chi connectivity index (χ3v) is 3.91. The topological polar surface area (TPSA) is 71.2 Å². The maximum atomic E-state index is 10.3. The van der Waals surface area contributed by atoms with Crippen LogP contribution in [0.5, 0.6) is 11.5 Å². The summed E-state index contributed by atoms with van der Waals surface area (Å²) in [6, 6.07) is 17.9. The first-order valence-corrected chi connectivity index (χ1v) is 7.61. The highest BCUT2D eigenvalue weighted by Crippen LogP contribution is 2.27. The largest absolute Gasteiger partial charge is 0.508 e. The van der Waals surface area contributed by atoms with Gasteiger partial charge >= 0.3 is 0 Å². The monoisotopic (exact) mass is 317 g/mol. The van der Waals surface area contributed by atoms with Gasteiger partial charge in [0.15, 0.2) is 5.65 Å². The number of phenols is 2. The predicted molar refractivity (Wildman–Crippen MR) is 91.4 cm³/mol. The van der Waals surface area contributed by atoms with E-state index in [9.17, 15) is 10.2 Å². The molecule has 5 heteroatoms. The Morgan fingerprint density at radius 3 is 2.46 bits per heavy atom. The van der Waals surface area contributed by atoms with Gasteiger partial charge in [0.1, 0.15) is 22.8 Å². The molecule has 4 aromatic rings. The molecule has 2 heterocycles. The van der Waals surface area contributed by atoms with Gasteiger partial charge in [-0.05, 0) is 42.0 Å². The average Bonchev–Trinajstić information content (AvgIpc) is 2.95. The van der Waals surface area contributed by atoms with Crippen molar-refractivity contribution in [3.8, 4) is 17.2 Å². The number of fused-ring (bicyclic) bond motifs is 1. The third-order valence-electron chi connectivity index (χ3n) is 3.91. The Hall–Kier alpha value is -3.34. The molecule has 5 nitrogen and oxygen atoms in total. The minimum Gasteiger partial charge on any atom is -0.508 e. The van der Waals surface area contributed by atoms with Crippen molar-refractivity contribution in [1.82, 2.24) is 14.5 Å². The number of imidazole rings is 1. The lowest BCUT2D eigenvalue weighted by atomic mass is 10.1. The fraction of sp³-hybridized carbons (Fsp3) is 0.0526. The van der Waals surface area contributed by atoms with Gasteiger partial charge in [-0.1, -0.05) is 24.3 Å². The molecule has 4 rings (SSSR count). The molecule has 0 fully saturated rings. The normalized spacial score (nSPS) is 11.0. The van der Waals surface area contributed by atoms with Crippen molar-refractivity contribution in [2.45, 2.75) is 6.42 Å². The van der Waals surface area contributed by atoms with E-state index < -0.39 is 0 Å². The van der Waals surface area contributed by atoms with Gasteiger partial charge in [0.2, 0.25) is 0 Å². The van der Waals surface area contributed by atoms with Crippen molar-refractivity contribution in [3.05, 3.63) is 78.2 Å². The van der Waals surface area contributed by atoms with Crippen LogP contribution in [0.25, 0.3) is 16.9 Å². The Bertz CT molecular complexity index is 1010. The molecule has 0 aliphatic carbocycles. The van der Waals surface area contributed by atoms with Crippen LogP contribution in [0, 0.1) is 0 Å². The Labute approximate surface area is 138 Å². The smallest absolute Gasteiger partial charge is 0.164 e. The van der Waals surface area contributed by atoms with Gasteiger partial charge in [-0.15, -0.1) is 0 Å². The molecule has 2 aromatic carbocycles. The molecule has 0 atom stereocenters. The van der Waals surface area contributed by atoms with Crippen LogP contribution >= 0.6 is 0 Å². The van der Waals surface area contributed by atoms with E-state index in [1.807, 2.05) is 41.0 Å². The summed E-state index contributed by atoms with van der Waals surface area (Å²) in [5.74, 6) is 1.18. The van der Waals surface area contributed by atoms with Crippen molar-refractivity contribution in [2.75, 3.05) is 0 Å². The lowest BCUT2D eigenvalue weighted by molar-refractivity contribution is 0.472. The molecule has 0 spiro atoms. The Balaban J connectivity index is 1.90. The zero-order chi connectivity index (χ0) is 16.5. The molecular formula is C19H15N3O2. The van der Waals surface area contributed by atoms with Gasteiger partial charge in [0.25, 0.3) is 0 Å². The van der Waals surface area contributed by atoms with E-state index in [0.717, 1.165) is 16.9 Å². The third kappa shape index (κ3) is 2.46. The van der Waals surface area contributed by atoms with Crippen molar-refractivity contribution in [1.29, 1.82) is 0 Å². The molecule has 0 unspecified atom stereocenters. The molecular weight excluding hydrogens is 302 g/mol. The highest BCUT2D eigenvalue weighted by Gasteiger charge is 2.16. The lowest BCUT2D eigenvalue weighted by Crippen LogP contribution is -2.03. The van der Waals surface area contributed by atoms with Crippen LogP contribution in [0.4, 0.5) is 0 Å². The molecule has 2 N–H and O–H groups in total. The molecule has 0 aliphatic rings. The van der Waals surface area contributed by atoms with Crippen LogP contribution in [0.1, 0.15) is 11.4 Å². The standard InChI is InChI=1S/C19H15N3O2/c23-14-9-7-13(8-10-14)12-18-21-15-4-3-11-20-19(15)22(18)16-5-1-2-6-17(16)24/h1-11,23-24H,12H2. The highest BCUT2D eigenvalue weighted by atomic mass is 16.3. The minimum atomic E-state index is 0.175. The van der Waals surface area contributed by atoms with Gasteiger partial charge in [-0.25, -0.2) is 9.97 Å². The molecule has 0 radical (unpaired) electrons. The van der Waals surface area contributed by atoms with Crippen molar-refractivity contribution in [2.24, 2.45) is 0 Å². The number of para-hydroxylation sites is 2. The number of aromatic hydroxyl groups is 2. The molecule has 2 aromatic heterocycles. The fourth-order valence-corrected chi connectivity index (χ4v) is 2.78. The number of hydrogen-bond acceptors (Lipinski definition) is 4. The van der Waals surface area contributed by atoms with Crippen LogP contribution in [-0.4, -0.2) is 24.7 Å².